The predicted octanol–water partition coefficient (Wildman–Crippen LogP) is 2.76. The lowest BCUT2D eigenvalue weighted by atomic mass is 10.0. The summed E-state index contributed by atoms with van der Waals surface area (Å²) in [4.78, 5) is 35.0. The molecular formula is C21H22FN3O4. The van der Waals surface area contributed by atoms with Crippen LogP contribution in [0.2, 0.25) is 0 Å². The van der Waals surface area contributed by atoms with Gasteiger partial charge in [0.1, 0.15) is 11.9 Å². The average Bonchev–Trinajstić information content (AvgIpc) is 3.07. The van der Waals surface area contributed by atoms with E-state index < -0.39 is 18.0 Å². The molecule has 1 aliphatic heterocycles. The predicted molar refractivity (Wildman–Crippen MR) is 106 cm³/mol. The van der Waals surface area contributed by atoms with Gasteiger partial charge in [-0.1, -0.05) is 24.3 Å². The second kappa shape index (κ2) is 8.72. The monoisotopic (exact) mass is 399 g/mol. The van der Waals surface area contributed by atoms with Gasteiger partial charge < -0.3 is 15.4 Å². The Morgan fingerprint density at radius 2 is 2.03 bits per heavy atom. The maximum absolute atomic E-state index is 14.8. The first-order chi connectivity index (χ1) is 13.9. The van der Waals surface area contributed by atoms with Crippen molar-refractivity contribution in [3.63, 3.8) is 0 Å². The summed E-state index contributed by atoms with van der Waals surface area (Å²) in [6.45, 7) is 3.68. The quantitative estimate of drug-likeness (QED) is 0.701. The molecule has 1 aliphatic rings. The van der Waals surface area contributed by atoms with Gasteiger partial charge in [-0.15, -0.1) is 0 Å². The van der Waals surface area contributed by atoms with Crippen LogP contribution in [0.5, 0.6) is 0 Å². The number of anilines is 1. The van der Waals surface area contributed by atoms with Crippen LogP contribution in [0.4, 0.5) is 14.9 Å². The first-order valence-corrected chi connectivity index (χ1v) is 9.21. The highest BCUT2D eigenvalue weighted by atomic mass is 19.1. The van der Waals surface area contributed by atoms with Crippen molar-refractivity contribution >= 4 is 24.1 Å². The highest BCUT2D eigenvalue weighted by Crippen LogP contribution is 2.29. The zero-order valence-electron chi connectivity index (χ0n) is 16.1. The van der Waals surface area contributed by atoms with Gasteiger partial charge in [0.05, 0.1) is 24.8 Å². The molecule has 2 aromatic carbocycles. The molecular weight excluding hydrogens is 377 g/mol. The minimum atomic E-state index is -0.575. The molecule has 2 aromatic rings. The summed E-state index contributed by atoms with van der Waals surface area (Å²) in [6, 6.07) is 11.6. The Morgan fingerprint density at radius 1 is 1.31 bits per heavy atom. The molecule has 1 saturated heterocycles. The molecule has 3 rings (SSSR count). The Kier molecular flexibility index (Phi) is 6.11. The number of cyclic esters (lactones) is 1. The van der Waals surface area contributed by atoms with Gasteiger partial charge in [-0.2, -0.15) is 0 Å². The molecule has 1 fully saturated rings. The summed E-state index contributed by atoms with van der Waals surface area (Å²) in [6.07, 6.45) is -0.418. The number of hydrogen-bond acceptors (Lipinski definition) is 4. The first kappa shape index (κ1) is 20.3. The second-order valence-corrected chi connectivity index (χ2v) is 6.85. The number of nitrogens with zero attached hydrogens (tertiary/aromatic N) is 1. The number of ether oxygens (including phenoxy) is 1. The van der Waals surface area contributed by atoms with Gasteiger partial charge in [0, 0.05) is 12.5 Å². The molecule has 1 heterocycles. The lowest BCUT2D eigenvalue weighted by Crippen LogP contribution is -2.33. The van der Waals surface area contributed by atoms with E-state index in [0.717, 1.165) is 5.56 Å². The molecule has 7 nitrogen and oxygen atoms in total. The number of carbonyl (C=O) groups is 3. The summed E-state index contributed by atoms with van der Waals surface area (Å²) in [5.41, 5.74) is 2.38. The van der Waals surface area contributed by atoms with E-state index in [-0.39, 0.29) is 25.0 Å². The summed E-state index contributed by atoms with van der Waals surface area (Å²) in [7, 11) is 0. The van der Waals surface area contributed by atoms with Crippen LogP contribution in [0.15, 0.2) is 42.5 Å². The van der Waals surface area contributed by atoms with Gasteiger partial charge in [0.15, 0.2) is 0 Å². The van der Waals surface area contributed by atoms with E-state index in [1.54, 1.807) is 24.3 Å². The van der Waals surface area contributed by atoms with Crippen LogP contribution in [0.25, 0.3) is 11.1 Å². The lowest BCUT2D eigenvalue weighted by Gasteiger charge is -2.15. The van der Waals surface area contributed by atoms with Crippen molar-refractivity contribution in [1.29, 1.82) is 0 Å². The highest BCUT2D eigenvalue weighted by Gasteiger charge is 2.32. The van der Waals surface area contributed by atoms with Crippen molar-refractivity contribution < 1.29 is 23.5 Å². The maximum atomic E-state index is 14.8. The van der Waals surface area contributed by atoms with Crippen molar-refractivity contribution in [2.75, 3.05) is 18.0 Å². The van der Waals surface area contributed by atoms with Gasteiger partial charge in [0.25, 0.3) is 0 Å². The van der Waals surface area contributed by atoms with Gasteiger partial charge in [0.2, 0.25) is 12.3 Å². The highest BCUT2D eigenvalue weighted by molar-refractivity contribution is 5.90. The van der Waals surface area contributed by atoms with Crippen molar-refractivity contribution in [3.8, 4) is 11.1 Å². The molecule has 2 unspecified atom stereocenters. The van der Waals surface area contributed by atoms with Crippen LogP contribution in [0.3, 0.4) is 0 Å². The van der Waals surface area contributed by atoms with Gasteiger partial charge in [-0.3, -0.25) is 14.5 Å². The fraction of sp³-hybridized carbons (Fsp3) is 0.286. The zero-order chi connectivity index (χ0) is 21.0. The number of halogens is 1. The van der Waals surface area contributed by atoms with E-state index in [2.05, 4.69) is 10.6 Å². The molecule has 2 atom stereocenters. The fourth-order valence-electron chi connectivity index (χ4n) is 3.15. The number of rotatable bonds is 7. The molecule has 2 N–H and O–H groups in total. The van der Waals surface area contributed by atoms with E-state index in [0.29, 0.717) is 23.2 Å². The number of carbonyl (C=O) groups excluding carboxylic acids is 3. The van der Waals surface area contributed by atoms with Crippen LogP contribution >= 0.6 is 0 Å². The smallest absolute Gasteiger partial charge is 0.414 e. The molecule has 0 aliphatic carbocycles. The van der Waals surface area contributed by atoms with E-state index in [9.17, 15) is 18.8 Å². The number of nitrogens with one attached hydrogen (secondary N) is 2. The molecule has 0 spiro atoms. The Labute approximate surface area is 167 Å². The number of benzene rings is 2. The normalized spacial score (nSPS) is 16.9. The van der Waals surface area contributed by atoms with Crippen molar-refractivity contribution in [1.82, 2.24) is 10.6 Å². The van der Waals surface area contributed by atoms with E-state index in [1.165, 1.54) is 17.9 Å². The zero-order valence-corrected chi connectivity index (χ0v) is 16.1. The Bertz CT molecular complexity index is 917. The van der Waals surface area contributed by atoms with Crippen LogP contribution < -0.4 is 15.5 Å². The summed E-state index contributed by atoms with van der Waals surface area (Å²) < 4.78 is 20.0. The average molecular weight is 399 g/mol. The molecule has 29 heavy (non-hydrogen) atoms. The summed E-state index contributed by atoms with van der Waals surface area (Å²) in [5.74, 6) is -0.676. The molecule has 0 radical (unpaired) electrons. The van der Waals surface area contributed by atoms with Gasteiger partial charge in [-0.05, 0) is 36.2 Å². The third-order valence-electron chi connectivity index (χ3n) is 4.76. The summed E-state index contributed by atoms with van der Waals surface area (Å²) in [5, 5.41) is 5.27. The van der Waals surface area contributed by atoms with Gasteiger partial charge >= 0.3 is 6.09 Å². The fourth-order valence-corrected chi connectivity index (χ4v) is 3.15. The second-order valence-electron chi connectivity index (χ2n) is 6.85. The SMILES string of the molecule is CC(=O)NCC1CN(c2ccc(-c3ccc(C(C)NC=O)cc3)c(F)c2)C(=O)O1. The van der Waals surface area contributed by atoms with Gasteiger partial charge in [-0.25, -0.2) is 9.18 Å². The summed E-state index contributed by atoms with van der Waals surface area (Å²) >= 11 is 0. The molecule has 8 heteroatoms. The van der Waals surface area contributed by atoms with E-state index >= 15 is 0 Å². The number of hydrogen-bond donors (Lipinski definition) is 2. The molecule has 0 bridgehead atoms. The minimum Gasteiger partial charge on any atom is -0.442 e. The third kappa shape index (κ3) is 4.71. The van der Waals surface area contributed by atoms with Crippen LogP contribution in [0, 0.1) is 5.82 Å². The Morgan fingerprint density at radius 3 is 2.66 bits per heavy atom. The van der Waals surface area contributed by atoms with Crippen molar-refractivity contribution in [2.24, 2.45) is 0 Å². The standard InChI is InChI=1S/C21H22FN3O4/c1-13(24-12-26)15-3-5-16(6-4-15)19-8-7-17(9-20(19)22)25-11-18(29-21(25)28)10-23-14(2)27/h3-9,12-13,18H,10-11H2,1-2H3,(H,23,27)(H,24,26). The minimum absolute atomic E-state index is 0.139. The van der Waals surface area contributed by atoms with Crippen molar-refractivity contribution in [2.45, 2.75) is 26.0 Å². The molecule has 3 amide bonds. The molecule has 0 aromatic heterocycles. The largest absolute Gasteiger partial charge is 0.442 e. The third-order valence-corrected chi connectivity index (χ3v) is 4.76. The maximum Gasteiger partial charge on any atom is 0.414 e. The van der Waals surface area contributed by atoms with E-state index in [1.807, 2.05) is 19.1 Å². The van der Waals surface area contributed by atoms with Crippen molar-refractivity contribution in [3.05, 3.63) is 53.8 Å². The number of amides is 3. The topological polar surface area (TPSA) is 87.7 Å². The Balaban J connectivity index is 1.74. The van der Waals surface area contributed by atoms with E-state index in [4.69, 9.17) is 4.74 Å². The van der Waals surface area contributed by atoms with Crippen LogP contribution in [-0.4, -0.2) is 37.6 Å². The van der Waals surface area contributed by atoms with Crippen LogP contribution in [0.1, 0.15) is 25.5 Å². The molecule has 0 saturated carbocycles. The Hall–Kier alpha value is -3.42. The lowest BCUT2D eigenvalue weighted by molar-refractivity contribution is -0.119. The molecule has 152 valence electrons. The first-order valence-electron chi connectivity index (χ1n) is 9.21. The van der Waals surface area contributed by atoms with Crippen LogP contribution in [-0.2, 0) is 14.3 Å².